The first kappa shape index (κ1) is 18.6. The molecule has 0 spiro atoms. The average molecular weight is 401 g/mol. The van der Waals surface area contributed by atoms with Gasteiger partial charge in [-0.3, -0.25) is 0 Å². The van der Waals surface area contributed by atoms with Crippen molar-refractivity contribution in [2.75, 3.05) is 19.5 Å². The molecule has 0 saturated carbocycles. The van der Waals surface area contributed by atoms with Crippen LogP contribution in [-0.4, -0.2) is 25.3 Å². The Labute approximate surface area is 175 Å². The lowest BCUT2D eigenvalue weighted by Crippen LogP contribution is -2.31. The molecule has 3 atom stereocenters. The minimum atomic E-state index is -0.905. The number of nitrogens with one attached hydrogen (secondary N) is 1. The second kappa shape index (κ2) is 7.10. The SMILES string of the molecule is COc1cccc([C@@H]2Nc3ccc(C(=O)O)cc3[C@H]3c4ccccc4C[C@H]32)c1OC. The van der Waals surface area contributed by atoms with E-state index in [1.165, 1.54) is 11.1 Å². The maximum atomic E-state index is 11.6. The minimum Gasteiger partial charge on any atom is -0.493 e. The van der Waals surface area contributed by atoms with Crippen LogP contribution in [0.3, 0.4) is 0 Å². The maximum absolute atomic E-state index is 11.6. The Kier molecular flexibility index (Phi) is 4.39. The Hall–Kier alpha value is -3.47. The van der Waals surface area contributed by atoms with E-state index in [9.17, 15) is 9.90 Å². The number of methoxy groups -OCH3 is 2. The molecule has 5 rings (SSSR count). The van der Waals surface area contributed by atoms with Crippen LogP contribution in [0.25, 0.3) is 0 Å². The van der Waals surface area contributed by atoms with Crippen LogP contribution in [0.5, 0.6) is 11.5 Å². The van der Waals surface area contributed by atoms with Gasteiger partial charge in [-0.25, -0.2) is 4.79 Å². The average Bonchev–Trinajstić information content (AvgIpc) is 3.17. The maximum Gasteiger partial charge on any atom is 0.335 e. The van der Waals surface area contributed by atoms with Crippen LogP contribution in [0, 0.1) is 5.92 Å². The summed E-state index contributed by atoms with van der Waals surface area (Å²) in [4.78, 5) is 11.6. The second-order valence-electron chi connectivity index (χ2n) is 7.86. The zero-order chi connectivity index (χ0) is 20.8. The summed E-state index contributed by atoms with van der Waals surface area (Å²) < 4.78 is 11.3. The van der Waals surface area contributed by atoms with Crippen LogP contribution in [0.1, 0.15) is 44.6 Å². The minimum absolute atomic E-state index is 0.00984. The number of carboxylic acids is 1. The molecule has 0 bridgehead atoms. The number of carboxylic acid groups (broad SMARTS) is 1. The fraction of sp³-hybridized carbons (Fsp3) is 0.240. The highest BCUT2D eigenvalue weighted by Gasteiger charge is 2.44. The molecule has 3 aromatic rings. The van der Waals surface area contributed by atoms with Gasteiger partial charge < -0.3 is 19.9 Å². The summed E-state index contributed by atoms with van der Waals surface area (Å²) in [7, 11) is 3.31. The lowest BCUT2D eigenvalue weighted by atomic mass is 9.75. The van der Waals surface area contributed by atoms with Crippen LogP contribution in [0.15, 0.2) is 60.7 Å². The number of anilines is 1. The van der Waals surface area contributed by atoms with Gasteiger partial charge in [-0.1, -0.05) is 36.4 Å². The number of hydrogen-bond donors (Lipinski definition) is 2. The summed E-state index contributed by atoms with van der Waals surface area (Å²) in [5.41, 5.74) is 5.97. The summed E-state index contributed by atoms with van der Waals surface area (Å²) >= 11 is 0. The van der Waals surface area contributed by atoms with Crippen molar-refractivity contribution in [2.45, 2.75) is 18.4 Å². The summed E-state index contributed by atoms with van der Waals surface area (Å²) in [6.07, 6.45) is 0.912. The van der Waals surface area contributed by atoms with Crippen molar-refractivity contribution in [3.8, 4) is 11.5 Å². The van der Waals surface area contributed by atoms with E-state index in [-0.39, 0.29) is 17.9 Å². The van der Waals surface area contributed by atoms with Crippen molar-refractivity contribution in [1.82, 2.24) is 0 Å². The van der Waals surface area contributed by atoms with Crippen LogP contribution in [0.4, 0.5) is 5.69 Å². The highest BCUT2D eigenvalue weighted by molar-refractivity contribution is 5.89. The molecule has 2 aliphatic rings. The standard InChI is InChI=1S/C25H23NO4/c1-29-21-9-5-8-17(24(21)30-2)23-19-12-14-6-3-4-7-16(14)22(19)18-13-15(25(27)28)10-11-20(18)26-23/h3-11,13,19,22-23,26H,12H2,1-2H3,(H,27,28)/t19-,22-,23+/m1/s1. The van der Waals surface area contributed by atoms with Gasteiger partial charge in [0.2, 0.25) is 0 Å². The third-order valence-electron chi connectivity index (χ3n) is 6.42. The molecule has 30 heavy (non-hydrogen) atoms. The number of para-hydroxylation sites is 1. The van der Waals surface area contributed by atoms with Crippen molar-refractivity contribution in [1.29, 1.82) is 0 Å². The molecule has 3 aromatic carbocycles. The zero-order valence-corrected chi connectivity index (χ0v) is 16.9. The van der Waals surface area contributed by atoms with E-state index >= 15 is 0 Å². The molecule has 0 saturated heterocycles. The van der Waals surface area contributed by atoms with Gasteiger partial charge in [-0.2, -0.15) is 0 Å². The molecule has 0 amide bonds. The van der Waals surface area contributed by atoms with Gasteiger partial charge >= 0.3 is 5.97 Å². The summed E-state index contributed by atoms with van der Waals surface area (Å²) in [6, 6.07) is 19.8. The molecular weight excluding hydrogens is 378 g/mol. The number of ether oxygens (including phenoxy) is 2. The fourth-order valence-electron chi connectivity index (χ4n) is 5.16. The van der Waals surface area contributed by atoms with E-state index in [0.29, 0.717) is 11.3 Å². The second-order valence-corrected chi connectivity index (χ2v) is 7.86. The smallest absolute Gasteiger partial charge is 0.335 e. The van der Waals surface area contributed by atoms with Crippen molar-refractivity contribution >= 4 is 11.7 Å². The molecule has 5 heteroatoms. The Morgan fingerprint density at radius 3 is 2.53 bits per heavy atom. The van der Waals surface area contributed by atoms with Crippen molar-refractivity contribution in [3.63, 3.8) is 0 Å². The van der Waals surface area contributed by atoms with E-state index in [2.05, 4.69) is 35.6 Å². The highest BCUT2D eigenvalue weighted by Crippen LogP contribution is 2.55. The first-order chi connectivity index (χ1) is 14.6. The number of carbonyl (C=O) groups is 1. The normalized spacial score (nSPS) is 21.1. The monoisotopic (exact) mass is 401 g/mol. The first-order valence-corrected chi connectivity index (χ1v) is 10.0. The van der Waals surface area contributed by atoms with Crippen LogP contribution >= 0.6 is 0 Å². The summed E-state index contributed by atoms with van der Waals surface area (Å²) in [5, 5.41) is 13.2. The Morgan fingerprint density at radius 1 is 0.967 bits per heavy atom. The van der Waals surface area contributed by atoms with Crippen molar-refractivity contribution in [2.24, 2.45) is 5.92 Å². The van der Waals surface area contributed by atoms with Gasteiger partial charge in [0.15, 0.2) is 11.5 Å². The van der Waals surface area contributed by atoms with Crippen LogP contribution in [0.2, 0.25) is 0 Å². The third kappa shape index (κ3) is 2.73. The van der Waals surface area contributed by atoms with Gasteiger partial charge in [0, 0.05) is 17.2 Å². The van der Waals surface area contributed by atoms with Gasteiger partial charge in [0.1, 0.15) is 0 Å². The Balaban J connectivity index is 1.70. The number of rotatable bonds is 4. The van der Waals surface area contributed by atoms with Gasteiger partial charge in [0.05, 0.1) is 25.8 Å². The first-order valence-electron chi connectivity index (χ1n) is 10.0. The van der Waals surface area contributed by atoms with E-state index < -0.39 is 5.97 Å². The lowest BCUT2D eigenvalue weighted by Gasteiger charge is -2.38. The molecule has 152 valence electrons. The summed E-state index contributed by atoms with van der Waals surface area (Å²) in [6.45, 7) is 0. The van der Waals surface area contributed by atoms with E-state index in [1.807, 2.05) is 24.3 Å². The van der Waals surface area contributed by atoms with Gasteiger partial charge in [0.25, 0.3) is 0 Å². The number of aromatic carboxylic acids is 1. The number of hydrogen-bond acceptors (Lipinski definition) is 4. The van der Waals surface area contributed by atoms with Crippen molar-refractivity contribution < 1.29 is 19.4 Å². The molecule has 5 nitrogen and oxygen atoms in total. The predicted molar refractivity (Wildman–Crippen MR) is 115 cm³/mol. The topological polar surface area (TPSA) is 67.8 Å². The molecule has 1 aliphatic carbocycles. The Morgan fingerprint density at radius 2 is 1.77 bits per heavy atom. The summed E-state index contributed by atoms with van der Waals surface area (Å²) in [5.74, 6) is 0.892. The van der Waals surface area contributed by atoms with E-state index in [4.69, 9.17) is 9.47 Å². The number of benzene rings is 3. The van der Waals surface area contributed by atoms with Crippen LogP contribution in [-0.2, 0) is 6.42 Å². The molecule has 0 unspecified atom stereocenters. The molecule has 1 heterocycles. The predicted octanol–water partition coefficient (Wildman–Crippen LogP) is 4.87. The third-order valence-corrected chi connectivity index (χ3v) is 6.42. The van der Waals surface area contributed by atoms with E-state index in [0.717, 1.165) is 29.0 Å². The molecule has 1 aliphatic heterocycles. The quantitative estimate of drug-likeness (QED) is 0.653. The van der Waals surface area contributed by atoms with E-state index in [1.54, 1.807) is 20.3 Å². The molecule has 0 radical (unpaired) electrons. The Bertz CT molecular complexity index is 1140. The molecule has 0 aromatic heterocycles. The molecular formula is C25H23NO4. The lowest BCUT2D eigenvalue weighted by molar-refractivity contribution is 0.0696. The van der Waals surface area contributed by atoms with Crippen LogP contribution < -0.4 is 14.8 Å². The number of fused-ring (bicyclic) bond motifs is 5. The fourth-order valence-corrected chi connectivity index (χ4v) is 5.16. The largest absolute Gasteiger partial charge is 0.493 e. The molecule has 2 N–H and O–H groups in total. The van der Waals surface area contributed by atoms with Gasteiger partial charge in [-0.15, -0.1) is 0 Å². The van der Waals surface area contributed by atoms with Crippen molar-refractivity contribution in [3.05, 3.63) is 88.5 Å². The van der Waals surface area contributed by atoms with Gasteiger partial charge in [-0.05, 0) is 53.3 Å². The highest BCUT2D eigenvalue weighted by atomic mass is 16.5. The zero-order valence-electron chi connectivity index (χ0n) is 16.9. The molecule has 0 fully saturated rings.